The number of rotatable bonds is 8. The Morgan fingerprint density at radius 3 is 2.37 bits per heavy atom. The van der Waals surface area contributed by atoms with Gasteiger partial charge in [-0.25, -0.2) is 4.98 Å². The maximum Gasteiger partial charge on any atom is 0.255 e. The van der Waals surface area contributed by atoms with Gasteiger partial charge in [-0.2, -0.15) is 0 Å². The summed E-state index contributed by atoms with van der Waals surface area (Å²) in [7, 11) is 1.62. The molecule has 3 aromatic rings. The quantitative estimate of drug-likeness (QED) is 0.535. The molecule has 0 atom stereocenters. The molecule has 2 amide bonds. The van der Waals surface area contributed by atoms with E-state index in [9.17, 15) is 9.59 Å². The molecule has 7 nitrogen and oxygen atoms in total. The van der Waals surface area contributed by atoms with Crippen molar-refractivity contribution >= 4 is 23.3 Å². The number of ether oxygens (including phenoxy) is 1. The molecule has 0 aliphatic heterocycles. The Morgan fingerprint density at radius 1 is 1.00 bits per heavy atom. The lowest BCUT2D eigenvalue weighted by Crippen LogP contribution is -2.23. The highest BCUT2D eigenvalue weighted by atomic mass is 16.5. The molecule has 7 heteroatoms. The smallest absolute Gasteiger partial charge is 0.255 e. The number of hydrogen-bond donors (Lipinski definition) is 3. The Labute approximate surface area is 175 Å². The van der Waals surface area contributed by atoms with E-state index in [0.29, 0.717) is 36.5 Å². The Kier molecular flexibility index (Phi) is 7.00. The molecule has 0 fully saturated rings. The van der Waals surface area contributed by atoms with Crippen LogP contribution in [0, 0.1) is 0 Å². The number of aryl methyl sites for hydroxylation is 1. The summed E-state index contributed by atoms with van der Waals surface area (Å²) in [5.41, 5.74) is 8.71. The topological polar surface area (TPSA) is 106 Å². The van der Waals surface area contributed by atoms with Gasteiger partial charge in [0.1, 0.15) is 11.6 Å². The first-order chi connectivity index (χ1) is 14.5. The SMILES string of the molecule is COc1ccc(CCC(=O)NCc2ccc(C(=O)Nc3ccnc(N)c3)cc2)cc1. The molecule has 154 valence electrons. The normalized spacial score (nSPS) is 10.3. The third kappa shape index (κ3) is 6.07. The van der Waals surface area contributed by atoms with Gasteiger partial charge in [0.05, 0.1) is 7.11 Å². The number of nitrogens with one attached hydrogen (secondary N) is 2. The molecular weight excluding hydrogens is 380 g/mol. The molecule has 0 saturated carbocycles. The molecule has 1 heterocycles. The van der Waals surface area contributed by atoms with Crippen LogP contribution in [0.5, 0.6) is 5.75 Å². The summed E-state index contributed by atoms with van der Waals surface area (Å²) in [6.07, 6.45) is 2.60. The lowest BCUT2D eigenvalue weighted by Gasteiger charge is -2.08. The molecule has 0 unspecified atom stereocenters. The molecule has 0 aliphatic carbocycles. The average Bonchev–Trinajstić information content (AvgIpc) is 2.77. The summed E-state index contributed by atoms with van der Waals surface area (Å²) < 4.78 is 5.13. The monoisotopic (exact) mass is 404 g/mol. The fourth-order valence-corrected chi connectivity index (χ4v) is 2.84. The molecule has 0 spiro atoms. The van der Waals surface area contributed by atoms with Crippen molar-refractivity contribution in [1.82, 2.24) is 10.3 Å². The Hall–Kier alpha value is -3.87. The molecule has 0 bridgehead atoms. The van der Waals surface area contributed by atoms with Crippen LogP contribution in [0.3, 0.4) is 0 Å². The first-order valence-electron chi connectivity index (χ1n) is 9.55. The van der Waals surface area contributed by atoms with Crippen molar-refractivity contribution in [3.8, 4) is 5.75 Å². The highest BCUT2D eigenvalue weighted by Crippen LogP contribution is 2.13. The summed E-state index contributed by atoms with van der Waals surface area (Å²) in [6.45, 7) is 0.407. The van der Waals surface area contributed by atoms with E-state index in [-0.39, 0.29) is 11.8 Å². The number of carbonyl (C=O) groups excluding carboxylic acids is 2. The van der Waals surface area contributed by atoms with Crippen LogP contribution >= 0.6 is 0 Å². The highest BCUT2D eigenvalue weighted by Gasteiger charge is 2.07. The van der Waals surface area contributed by atoms with Gasteiger partial charge in [-0.3, -0.25) is 9.59 Å². The number of anilines is 2. The van der Waals surface area contributed by atoms with Crippen LogP contribution in [0.4, 0.5) is 11.5 Å². The van der Waals surface area contributed by atoms with Crippen molar-refractivity contribution in [3.05, 3.63) is 83.6 Å². The van der Waals surface area contributed by atoms with E-state index in [1.807, 2.05) is 36.4 Å². The minimum atomic E-state index is -0.240. The van der Waals surface area contributed by atoms with Gasteiger partial charge >= 0.3 is 0 Å². The number of nitrogens with zero attached hydrogens (tertiary/aromatic N) is 1. The molecule has 2 aromatic carbocycles. The van der Waals surface area contributed by atoms with Crippen molar-refractivity contribution in [2.24, 2.45) is 0 Å². The van der Waals surface area contributed by atoms with Crippen LogP contribution in [0.1, 0.15) is 27.9 Å². The van der Waals surface area contributed by atoms with E-state index in [4.69, 9.17) is 10.5 Å². The van der Waals surface area contributed by atoms with E-state index in [1.165, 1.54) is 6.20 Å². The zero-order valence-electron chi connectivity index (χ0n) is 16.7. The maximum atomic E-state index is 12.3. The van der Waals surface area contributed by atoms with Crippen LogP contribution in [-0.4, -0.2) is 23.9 Å². The van der Waals surface area contributed by atoms with Gasteiger partial charge in [0, 0.05) is 36.5 Å². The van der Waals surface area contributed by atoms with Crippen molar-refractivity contribution in [1.29, 1.82) is 0 Å². The molecule has 1 aromatic heterocycles. The second-order valence-corrected chi connectivity index (χ2v) is 6.75. The Bertz CT molecular complexity index is 1000. The lowest BCUT2D eigenvalue weighted by atomic mass is 10.1. The second-order valence-electron chi connectivity index (χ2n) is 6.75. The van der Waals surface area contributed by atoms with E-state index >= 15 is 0 Å². The number of methoxy groups -OCH3 is 1. The number of benzene rings is 2. The number of hydrogen-bond acceptors (Lipinski definition) is 5. The fraction of sp³-hybridized carbons (Fsp3) is 0.174. The van der Waals surface area contributed by atoms with Crippen molar-refractivity contribution in [2.45, 2.75) is 19.4 Å². The molecule has 0 aliphatic rings. The van der Waals surface area contributed by atoms with Gasteiger partial charge in [-0.05, 0) is 47.9 Å². The standard InChI is InChI=1S/C23H24N4O3/c1-30-20-9-4-16(5-10-20)6-11-22(28)26-15-17-2-7-18(8-3-17)23(29)27-19-12-13-25-21(24)14-19/h2-5,7-10,12-14H,6,11,15H2,1H3,(H,26,28)(H3,24,25,27,29). The Balaban J connectivity index is 1.45. The van der Waals surface area contributed by atoms with Gasteiger partial charge in [0.2, 0.25) is 5.91 Å². The number of nitrogen functional groups attached to an aromatic ring is 1. The number of amides is 2. The van der Waals surface area contributed by atoms with Crippen molar-refractivity contribution in [3.63, 3.8) is 0 Å². The number of pyridine rings is 1. The predicted octanol–water partition coefficient (Wildman–Crippen LogP) is 3.17. The molecule has 0 radical (unpaired) electrons. The van der Waals surface area contributed by atoms with Gasteiger partial charge in [-0.1, -0.05) is 24.3 Å². The molecule has 4 N–H and O–H groups in total. The van der Waals surface area contributed by atoms with E-state index < -0.39 is 0 Å². The van der Waals surface area contributed by atoms with Crippen LogP contribution in [0.25, 0.3) is 0 Å². The van der Waals surface area contributed by atoms with Crippen molar-refractivity contribution in [2.75, 3.05) is 18.2 Å². The maximum absolute atomic E-state index is 12.3. The lowest BCUT2D eigenvalue weighted by molar-refractivity contribution is -0.121. The molecule has 0 saturated heterocycles. The molecular formula is C23H24N4O3. The van der Waals surface area contributed by atoms with Gasteiger partial charge in [-0.15, -0.1) is 0 Å². The van der Waals surface area contributed by atoms with Crippen LogP contribution in [0.15, 0.2) is 66.9 Å². The van der Waals surface area contributed by atoms with Crippen LogP contribution in [0.2, 0.25) is 0 Å². The molecule has 30 heavy (non-hydrogen) atoms. The third-order valence-corrected chi connectivity index (χ3v) is 4.54. The highest BCUT2D eigenvalue weighted by molar-refractivity contribution is 6.04. The van der Waals surface area contributed by atoms with E-state index in [1.54, 1.807) is 31.4 Å². The number of nitrogens with two attached hydrogens (primary N) is 1. The first-order valence-corrected chi connectivity index (χ1v) is 9.55. The van der Waals surface area contributed by atoms with E-state index in [0.717, 1.165) is 16.9 Å². The number of aromatic nitrogens is 1. The van der Waals surface area contributed by atoms with Crippen molar-refractivity contribution < 1.29 is 14.3 Å². The predicted molar refractivity (Wildman–Crippen MR) is 116 cm³/mol. The van der Waals surface area contributed by atoms with Gasteiger partial charge in [0.15, 0.2) is 0 Å². The second kappa shape index (κ2) is 10.1. The third-order valence-electron chi connectivity index (χ3n) is 4.54. The zero-order chi connectivity index (χ0) is 21.3. The minimum absolute atomic E-state index is 0.0251. The summed E-state index contributed by atoms with van der Waals surface area (Å²) in [5, 5.41) is 5.67. The molecule has 3 rings (SSSR count). The van der Waals surface area contributed by atoms with Crippen LogP contribution in [-0.2, 0) is 17.8 Å². The summed E-state index contributed by atoms with van der Waals surface area (Å²) in [4.78, 5) is 28.3. The van der Waals surface area contributed by atoms with Gasteiger partial charge < -0.3 is 21.1 Å². The van der Waals surface area contributed by atoms with E-state index in [2.05, 4.69) is 15.6 Å². The fourth-order valence-electron chi connectivity index (χ4n) is 2.84. The summed E-state index contributed by atoms with van der Waals surface area (Å²) in [6, 6.07) is 18.0. The van der Waals surface area contributed by atoms with Crippen LogP contribution < -0.4 is 21.1 Å². The first kappa shape index (κ1) is 20.9. The largest absolute Gasteiger partial charge is 0.497 e. The summed E-state index contributed by atoms with van der Waals surface area (Å²) >= 11 is 0. The number of carbonyl (C=O) groups is 2. The minimum Gasteiger partial charge on any atom is -0.497 e. The average molecular weight is 404 g/mol. The zero-order valence-corrected chi connectivity index (χ0v) is 16.7. The Morgan fingerprint density at radius 2 is 1.70 bits per heavy atom. The van der Waals surface area contributed by atoms with Gasteiger partial charge in [0.25, 0.3) is 5.91 Å². The summed E-state index contributed by atoms with van der Waals surface area (Å²) in [5.74, 6) is 0.870.